The second kappa shape index (κ2) is 9.13. The zero-order chi connectivity index (χ0) is 21.7. The van der Waals surface area contributed by atoms with Gasteiger partial charge in [-0.25, -0.2) is 4.79 Å². The van der Waals surface area contributed by atoms with Gasteiger partial charge in [-0.2, -0.15) is 13.2 Å². The van der Waals surface area contributed by atoms with Crippen LogP contribution in [0.3, 0.4) is 0 Å². The van der Waals surface area contributed by atoms with Gasteiger partial charge in [0.1, 0.15) is 11.3 Å². The van der Waals surface area contributed by atoms with E-state index in [1.54, 1.807) is 39.0 Å². The van der Waals surface area contributed by atoms with Crippen LogP contribution < -0.4 is 11.1 Å². The van der Waals surface area contributed by atoms with E-state index in [2.05, 4.69) is 10.3 Å². The quantitative estimate of drug-likeness (QED) is 0.544. The van der Waals surface area contributed by atoms with Crippen LogP contribution in [0.2, 0.25) is 0 Å². The summed E-state index contributed by atoms with van der Waals surface area (Å²) in [7, 11) is 0. The number of nitrogens with one attached hydrogen (secondary N) is 1. The molecule has 3 N–H and O–H groups in total. The van der Waals surface area contributed by atoms with Crippen LogP contribution in [0.1, 0.15) is 32.0 Å². The fourth-order valence-electron chi connectivity index (χ4n) is 2.43. The lowest BCUT2D eigenvalue weighted by Crippen LogP contribution is -2.34. The second-order valence-electron chi connectivity index (χ2n) is 7.37. The van der Waals surface area contributed by atoms with Crippen molar-refractivity contribution in [3.05, 3.63) is 47.8 Å². The summed E-state index contributed by atoms with van der Waals surface area (Å²) in [6.45, 7) is 6.06. The number of alkyl halides is 3. The van der Waals surface area contributed by atoms with Gasteiger partial charge in [-0.3, -0.25) is 4.98 Å². The van der Waals surface area contributed by atoms with E-state index in [0.717, 1.165) is 17.8 Å². The van der Waals surface area contributed by atoms with E-state index in [1.807, 2.05) is 0 Å². The Kier molecular flexibility index (Phi) is 7.07. The SMILES string of the molecule is CC(C)(C)OC(=O)NCCOCc1cc(N)cc(-c2ccc(C(F)(F)F)nc2)c1. The van der Waals surface area contributed by atoms with E-state index in [4.69, 9.17) is 15.2 Å². The number of nitrogens with zero attached hydrogens (tertiary/aromatic N) is 1. The molecule has 0 spiro atoms. The van der Waals surface area contributed by atoms with E-state index in [0.29, 0.717) is 16.8 Å². The molecule has 6 nitrogen and oxygen atoms in total. The number of nitrogens with two attached hydrogens (primary N) is 1. The van der Waals surface area contributed by atoms with Crippen molar-refractivity contribution >= 4 is 11.8 Å². The second-order valence-corrected chi connectivity index (χ2v) is 7.37. The summed E-state index contributed by atoms with van der Waals surface area (Å²) >= 11 is 0. The molecule has 9 heteroatoms. The summed E-state index contributed by atoms with van der Waals surface area (Å²) in [6, 6.07) is 7.40. The molecule has 0 saturated heterocycles. The molecule has 0 fully saturated rings. The maximum atomic E-state index is 12.7. The van der Waals surface area contributed by atoms with Crippen LogP contribution in [-0.4, -0.2) is 29.8 Å². The Morgan fingerprint density at radius 1 is 1.14 bits per heavy atom. The zero-order valence-corrected chi connectivity index (χ0v) is 16.5. The predicted molar refractivity (Wildman–Crippen MR) is 103 cm³/mol. The molecule has 2 aromatic rings. The summed E-state index contributed by atoms with van der Waals surface area (Å²) in [5, 5.41) is 2.58. The first-order chi connectivity index (χ1) is 13.4. The van der Waals surface area contributed by atoms with Crippen LogP contribution in [0.25, 0.3) is 11.1 Å². The minimum absolute atomic E-state index is 0.224. The van der Waals surface area contributed by atoms with Gasteiger partial charge in [-0.1, -0.05) is 6.07 Å². The minimum atomic E-state index is -4.49. The number of amides is 1. The highest BCUT2D eigenvalue weighted by Gasteiger charge is 2.32. The number of alkyl carbamates (subject to hydrolysis) is 1. The molecule has 0 atom stereocenters. The molecule has 0 unspecified atom stereocenters. The summed E-state index contributed by atoms with van der Waals surface area (Å²) < 4.78 is 48.6. The van der Waals surface area contributed by atoms with Gasteiger partial charge in [0.05, 0.1) is 13.2 Å². The molecule has 1 amide bonds. The molecule has 0 radical (unpaired) electrons. The Bertz CT molecular complexity index is 832. The van der Waals surface area contributed by atoms with Crippen molar-refractivity contribution in [3.63, 3.8) is 0 Å². The number of halogens is 3. The van der Waals surface area contributed by atoms with Crippen LogP contribution in [0.15, 0.2) is 36.5 Å². The molecule has 2 rings (SSSR count). The number of anilines is 1. The van der Waals surface area contributed by atoms with Gasteiger partial charge in [0, 0.05) is 24.0 Å². The number of hydrogen-bond acceptors (Lipinski definition) is 5. The standard InChI is InChI=1S/C20H24F3N3O3/c1-19(2,3)29-18(27)25-6-7-28-12-13-8-15(10-16(24)9-13)14-4-5-17(26-11-14)20(21,22)23/h4-5,8-11H,6-7,12,24H2,1-3H3,(H,25,27). The van der Waals surface area contributed by atoms with Crippen LogP contribution in [-0.2, 0) is 22.3 Å². The van der Waals surface area contributed by atoms with Crippen molar-refractivity contribution in [3.8, 4) is 11.1 Å². The number of carbonyl (C=O) groups excluding carboxylic acids is 1. The van der Waals surface area contributed by atoms with Crippen molar-refractivity contribution in [1.82, 2.24) is 10.3 Å². The third-order valence-electron chi connectivity index (χ3n) is 3.59. The molecule has 0 aliphatic carbocycles. The van der Waals surface area contributed by atoms with Gasteiger partial charge in [-0.05, 0) is 56.2 Å². The van der Waals surface area contributed by atoms with Gasteiger partial charge in [0.2, 0.25) is 0 Å². The van der Waals surface area contributed by atoms with Crippen LogP contribution >= 0.6 is 0 Å². The van der Waals surface area contributed by atoms with Gasteiger partial charge in [-0.15, -0.1) is 0 Å². The predicted octanol–water partition coefficient (Wildman–Crippen LogP) is 4.39. The fourth-order valence-corrected chi connectivity index (χ4v) is 2.43. The van der Waals surface area contributed by atoms with Crippen molar-refractivity contribution in [2.45, 2.75) is 39.2 Å². The number of rotatable bonds is 6. The Morgan fingerprint density at radius 3 is 2.45 bits per heavy atom. The van der Waals surface area contributed by atoms with Gasteiger partial charge < -0.3 is 20.5 Å². The van der Waals surface area contributed by atoms with Crippen molar-refractivity contribution in [2.24, 2.45) is 0 Å². The highest BCUT2D eigenvalue weighted by atomic mass is 19.4. The van der Waals surface area contributed by atoms with Crippen LogP contribution in [0, 0.1) is 0 Å². The third kappa shape index (κ3) is 7.61. The highest BCUT2D eigenvalue weighted by Crippen LogP contribution is 2.29. The van der Waals surface area contributed by atoms with Gasteiger partial charge in [0.25, 0.3) is 0 Å². The Morgan fingerprint density at radius 2 is 1.86 bits per heavy atom. The smallest absolute Gasteiger partial charge is 0.433 e. The fraction of sp³-hybridized carbons (Fsp3) is 0.400. The Hall–Kier alpha value is -2.81. The number of hydrogen-bond donors (Lipinski definition) is 2. The lowest BCUT2D eigenvalue weighted by molar-refractivity contribution is -0.141. The third-order valence-corrected chi connectivity index (χ3v) is 3.59. The maximum absolute atomic E-state index is 12.7. The summed E-state index contributed by atoms with van der Waals surface area (Å²) in [5.41, 5.74) is 6.72. The molecule has 1 aromatic carbocycles. The topological polar surface area (TPSA) is 86.5 Å². The molecule has 0 bridgehead atoms. The Labute approximate surface area is 167 Å². The van der Waals surface area contributed by atoms with E-state index in [-0.39, 0.29) is 19.8 Å². The highest BCUT2D eigenvalue weighted by molar-refractivity contribution is 5.68. The monoisotopic (exact) mass is 411 g/mol. The number of nitrogen functional groups attached to an aromatic ring is 1. The number of pyridine rings is 1. The van der Waals surface area contributed by atoms with Gasteiger partial charge in [0.15, 0.2) is 0 Å². The molecular weight excluding hydrogens is 387 g/mol. The molecule has 158 valence electrons. The number of carbonyl (C=O) groups is 1. The number of benzene rings is 1. The molecule has 29 heavy (non-hydrogen) atoms. The average molecular weight is 411 g/mol. The first kappa shape index (κ1) is 22.5. The Balaban J connectivity index is 1.91. The largest absolute Gasteiger partial charge is 0.444 e. The van der Waals surface area contributed by atoms with E-state index in [9.17, 15) is 18.0 Å². The van der Waals surface area contributed by atoms with Crippen molar-refractivity contribution < 1.29 is 27.4 Å². The van der Waals surface area contributed by atoms with Crippen LogP contribution in [0.5, 0.6) is 0 Å². The first-order valence-electron chi connectivity index (χ1n) is 8.92. The minimum Gasteiger partial charge on any atom is -0.444 e. The van der Waals surface area contributed by atoms with Gasteiger partial charge >= 0.3 is 12.3 Å². The molecule has 1 heterocycles. The van der Waals surface area contributed by atoms with Crippen LogP contribution in [0.4, 0.5) is 23.7 Å². The zero-order valence-electron chi connectivity index (χ0n) is 16.5. The molecule has 0 saturated carbocycles. The average Bonchev–Trinajstić information content (AvgIpc) is 2.59. The summed E-state index contributed by atoms with van der Waals surface area (Å²) in [5.74, 6) is 0. The molecular formula is C20H24F3N3O3. The molecule has 0 aliphatic rings. The van der Waals surface area contributed by atoms with Crippen molar-refractivity contribution in [2.75, 3.05) is 18.9 Å². The van der Waals surface area contributed by atoms with Crippen molar-refractivity contribution in [1.29, 1.82) is 0 Å². The molecule has 0 aliphatic heterocycles. The van der Waals surface area contributed by atoms with E-state index in [1.165, 1.54) is 6.07 Å². The lowest BCUT2D eigenvalue weighted by Gasteiger charge is -2.19. The number of aromatic nitrogens is 1. The lowest BCUT2D eigenvalue weighted by atomic mass is 10.0. The van der Waals surface area contributed by atoms with E-state index < -0.39 is 23.6 Å². The van der Waals surface area contributed by atoms with E-state index >= 15 is 0 Å². The normalized spacial score (nSPS) is 11.9. The summed E-state index contributed by atoms with van der Waals surface area (Å²) in [4.78, 5) is 15.0. The summed E-state index contributed by atoms with van der Waals surface area (Å²) in [6.07, 6.45) is -3.85. The maximum Gasteiger partial charge on any atom is 0.433 e. The number of ether oxygens (including phenoxy) is 2. The first-order valence-corrected chi connectivity index (χ1v) is 8.92. The molecule has 1 aromatic heterocycles.